The van der Waals surface area contributed by atoms with Crippen molar-refractivity contribution in [3.8, 4) is 0 Å². The lowest BCUT2D eigenvalue weighted by Gasteiger charge is -2.35. The summed E-state index contributed by atoms with van der Waals surface area (Å²) in [6.45, 7) is 0.423. The molecule has 1 aliphatic heterocycles. The zero-order valence-electron chi connectivity index (χ0n) is 12.0. The molecule has 3 N–H and O–H groups in total. The van der Waals surface area contributed by atoms with E-state index in [1.165, 1.54) is 7.11 Å². The van der Waals surface area contributed by atoms with Crippen LogP contribution in [0.2, 0.25) is 0 Å². The summed E-state index contributed by atoms with van der Waals surface area (Å²) in [4.78, 5) is 24.4. The molecule has 1 amide bonds. The van der Waals surface area contributed by atoms with Gasteiger partial charge in [-0.1, -0.05) is 19.3 Å². The van der Waals surface area contributed by atoms with E-state index in [2.05, 4.69) is 5.32 Å². The second kappa shape index (κ2) is 6.54. The SMILES string of the molecule is COC(=O)C1(NC(=O)[C@@H]2CC[C@H](CN)O2)CCCCC1. The van der Waals surface area contributed by atoms with Crippen molar-refractivity contribution in [3.63, 3.8) is 0 Å². The van der Waals surface area contributed by atoms with Crippen molar-refractivity contribution in [2.75, 3.05) is 13.7 Å². The van der Waals surface area contributed by atoms with Crippen LogP contribution < -0.4 is 11.1 Å². The van der Waals surface area contributed by atoms with Crippen molar-refractivity contribution in [2.45, 2.75) is 62.7 Å². The van der Waals surface area contributed by atoms with E-state index in [1.807, 2.05) is 0 Å². The first-order valence-electron chi connectivity index (χ1n) is 7.37. The first-order chi connectivity index (χ1) is 9.61. The lowest BCUT2D eigenvalue weighted by atomic mass is 9.81. The predicted molar refractivity (Wildman–Crippen MR) is 72.9 cm³/mol. The topological polar surface area (TPSA) is 90.7 Å². The van der Waals surface area contributed by atoms with E-state index in [0.29, 0.717) is 25.8 Å². The lowest BCUT2D eigenvalue weighted by Crippen LogP contribution is -2.58. The Labute approximate surface area is 119 Å². The summed E-state index contributed by atoms with van der Waals surface area (Å²) >= 11 is 0. The van der Waals surface area contributed by atoms with Crippen molar-refractivity contribution < 1.29 is 19.1 Å². The molecule has 1 saturated carbocycles. The monoisotopic (exact) mass is 284 g/mol. The molecule has 0 unspecified atom stereocenters. The normalized spacial score (nSPS) is 28.9. The number of nitrogens with two attached hydrogens (primary N) is 1. The first kappa shape index (κ1) is 15.3. The zero-order chi connectivity index (χ0) is 14.6. The van der Waals surface area contributed by atoms with Crippen molar-refractivity contribution >= 4 is 11.9 Å². The highest BCUT2D eigenvalue weighted by molar-refractivity contribution is 5.90. The zero-order valence-corrected chi connectivity index (χ0v) is 12.0. The fourth-order valence-corrected chi connectivity index (χ4v) is 3.12. The second-order valence-electron chi connectivity index (χ2n) is 5.68. The Hall–Kier alpha value is -1.14. The molecule has 1 saturated heterocycles. The Morgan fingerprint density at radius 1 is 1.30 bits per heavy atom. The molecule has 6 nitrogen and oxygen atoms in total. The first-order valence-corrected chi connectivity index (χ1v) is 7.37. The van der Waals surface area contributed by atoms with Gasteiger partial charge in [-0.3, -0.25) is 4.79 Å². The molecule has 2 rings (SSSR count). The number of esters is 1. The molecule has 2 aliphatic rings. The number of hydrogen-bond donors (Lipinski definition) is 2. The summed E-state index contributed by atoms with van der Waals surface area (Å²) in [5.41, 5.74) is 4.68. The van der Waals surface area contributed by atoms with Crippen LogP contribution in [-0.4, -0.2) is 43.3 Å². The third kappa shape index (κ3) is 3.12. The number of ether oxygens (including phenoxy) is 2. The molecule has 0 spiro atoms. The molecule has 114 valence electrons. The molecule has 0 bridgehead atoms. The van der Waals surface area contributed by atoms with Crippen LogP contribution in [0.15, 0.2) is 0 Å². The Kier molecular flexibility index (Phi) is 4.99. The molecule has 2 fully saturated rings. The third-order valence-corrected chi connectivity index (χ3v) is 4.31. The van der Waals surface area contributed by atoms with Gasteiger partial charge < -0.3 is 20.5 Å². The van der Waals surface area contributed by atoms with Gasteiger partial charge in [-0.15, -0.1) is 0 Å². The number of carbonyl (C=O) groups is 2. The lowest BCUT2D eigenvalue weighted by molar-refractivity contribution is -0.154. The van der Waals surface area contributed by atoms with Crippen LogP contribution in [-0.2, 0) is 19.1 Å². The quantitative estimate of drug-likeness (QED) is 0.733. The molecule has 0 aromatic rings. The van der Waals surface area contributed by atoms with Crippen molar-refractivity contribution in [2.24, 2.45) is 5.73 Å². The van der Waals surface area contributed by atoms with Crippen LogP contribution >= 0.6 is 0 Å². The fraction of sp³-hybridized carbons (Fsp3) is 0.857. The largest absolute Gasteiger partial charge is 0.467 e. The summed E-state index contributed by atoms with van der Waals surface area (Å²) in [6, 6.07) is 0. The van der Waals surface area contributed by atoms with Crippen LogP contribution in [0.4, 0.5) is 0 Å². The van der Waals surface area contributed by atoms with Crippen LogP contribution in [0.1, 0.15) is 44.9 Å². The number of carbonyl (C=O) groups excluding carboxylic acids is 2. The minimum Gasteiger partial charge on any atom is -0.467 e. The molecule has 0 aromatic carbocycles. The summed E-state index contributed by atoms with van der Waals surface area (Å²) < 4.78 is 10.5. The average molecular weight is 284 g/mol. The molecular formula is C14H24N2O4. The molecule has 1 aliphatic carbocycles. The Morgan fingerprint density at radius 2 is 2.00 bits per heavy atom. The van der Waals surface area contributed by atoms with E-state index in [-0.39, 0.29) is 18.0 Å². The second-order valence-corrected chi connectivity index (χ2v) is 5.68. The van der Waals surface area contributed by atoms with Crippen LogP contribution in [0.3, 0.4) is 0 Å². The molecule has 6 heteroatoms. The van der Waals surface area contributed by atoms with Gasteiger partial charge in [-0.05, 0) is 25.7 Å². The Morgan fingerprint density at radius 3 is 2.55 bits per heavy atom. The van der Waals surface area contributed by atoms with Gasteiger partial charge >= 0.3 is 5.97 Å². The van der Waals surface area contributed by atoms with E-state index < -0.39 is 11.6 Å². The van der Waals surface area contributed by atoms with Gasteiger partial charge in [0.15, 0.2) is 0 Å². The maximum Gasteiger partial charge on any atom is 0.331 e. The van der Waals surface area contributed by atoms with Gasteiger partial charge in [0.2, 0.25) is 5.91 Å². The highest BCUT2D eigenvalue weighted by Gasteiger charge is 2.44. The van der Waals surface area contributed by atoms with Crippen molar-refractivity contribution in [1.82, 2.24) is 5.32 Å². The standard InChI is InChI=1S/C14H24N2O4/c1-19-13(18)14(7-3-2-4-8-14)16-12(17)11-6-5-10(9-15)20-11/h10-11H,2-9,15H2,1H3,(H,16,17)/t10-,11+/m1/s1. The highest BCUT2D eigenvalue weighted by atomic mass is 16.5. The van der Waals surface area contributed by atoms with Gasteiger partial charge in [0.1, 0.15) is 11.6 Å². The molecule has 0 radical (unpaired) electrons. The molecular weight excluding hydrogens is 260 g/mol. The minimum atomic E-state index is -0.867. The number of hydrogen-bond acceptors (Lipinski definition) is 5. The third-order valence-electron chi connectivity index (χ3n) is 4.31. The van der Waals surface area contributed by atoms with Crippen molar-refractivity contribution in [1.29, 1.82) is 0 Å². The van der Waals surface area contributed by atoms with Gasteiger partial charge in [-0.25, -0.2) is 4.79 Å². The van der Waals surface area contributed by atoms with E-state index in [0.717, 1.165) is 25.7 Å². The molecule has 0 aromatic heterocycles. The number of amides is 1. The molecule has 1 heterocycles. The summed E-state index contributed by atoms with van der Waals surface area (Å²) in [5, 5.41) is 2.89. The highest BCUT2D eigenvalue weighted by Crippen LogP contribution is 2.30. The minimum absolute atomic E-state index is 0.0498. The summed E-state index contributed by atoms with van der Waals surface area (Å²) in [6.07, 6.45) is 5.11. The maximum atomic E-state index is 12.3. The van der Waals surface area contributed by atoms with E-state index in [4.69, 9.17) is 15.2 Å². The molecule has 20 heavy (non-hydrogen) atoms. The number of rotatable bonds is 4. The van der Waals surface area contributed by atoms with Gasteiger partial charge in [0.05, 0.1) is 13.2 Å². The predicted octanol–water partition coefficient (Wildman–Crippen LogP) is 0.485. The van der Waals surface area contributed by atoms with Crippen LogP contribution in [0, 0.1) is 0 Å². The number of nitrogens with one attached hydrogen (secondary N) is 1. The summed E-state index contributed by atoms with van der Waals surface area (Å²) in [7, 11) is 1.36. The van der Waals surface area contributed by atoms with Crippen LogP contribution in [0.5, 0.6) is 0 Å². The summed E-state index contributed by atoms with van der Waals surface area (Å²) in [5.74, 6) is -0.563. The smallest absolute Gasteiger partial charge is 0.331 e. The molecule has 2 atom stereocenters. The Bertz CT molecular complexity index is 366. The van der Waals surface area contributed by atoms with Crippen molar-refractivity contribution in [3.05, 3.63) is 0 Å². The fourth-order valence-electron chi connectivity index (χ4n) is 3.12. The van der Waals surface area contributed by atoms with E-state index in [9.17, 15) is 9.59 Å². The maximum absolute atomic E-state index is 12.3. The Balaban J connectivity index is 2.01. The van der Waals surface area contributed by atoms with Gasteiger partial charge in [0, 0.05) is 6.54 Å². The van der Waals surface area contributed by atoms with E-state index in [1.54, 1.807) is 0 Å². The van der Waals surface area contributed by atoms with Gasteiger partial charge in [-0.2, -0.15) is 0 Å². The van der Waals surface area contributed by atoms with Crippen LogP contribution in [0.25, 0.3) is 0 Å². The van der Waals surface area contributed by atoms with Gasteiger partial charge in [0.25, 0.3) is 0 Å². The average Bonchev–Trinajstić information content (AvgIpc) is 2.96. The number of methoxy groups -OCH3 is 1. The van der Waals surface area contributed by atoms with E-state index >= 15 is 0 Å².